The van der Waals surface area contributed by atoms with Gasteiger partial charge in [-0.25, -0.2) is 0 Å². The Bertz CT molecular complexity index is 3810. The summed E-state index contributed by atoms with van der Waals surface area (Å²) in [5, 5.41) is 54.2. The van der Waals surface area contributed by atoms with Crippen molar-refractivity contribution in [2.75, 3.05) is 58.8 Å². The number of hydrogen-bond donors (Lipinski definition) is 17. The molecule has 0 saturated carbocycles. The minimum Gasteiger partial charge on any atom is -0.609 e. The molecule has 0 aliphatic carbocycles. The zero-order valence-electron chi connectivity index (χ0n) is 57.9. The number of amides is 10. The standard InChI is InChI=1S/C66H91ClN18O17S/c1-33(2)26-49-63(95)78-44(15-21-69)59(91)77-46(17-23-71)62(94)84-55(35(4)86)64(96)73-24-18-47(61(93)76-43(14-20-68)58(90)74-31-54(88)75-49)79-60(92)45(16-22-70)80-65(97)56(36(5)87)83-57(89)38-10-8-37(9-11-38)32-103(98)66(82-53-27-34(3)102-85-53)81-42-13-12-39(28-41(42)67)101-50-19-25-72-48-30-52(100-7)51(99-6)29-40(48)50/h8-13,19,25,27-30,33,35-36,43-47,49,55-56,86-87H,14-18,20-24,26,31-32,68-71H2,1-7H3,(H,73,96)(H,74,90)(H,75,88)(H,76,93)(H,77,91)(H,78,95)(H,79,92)(H,80,97)(H,83,89)(H,84,94)(H,81,82,85)/t35-,36+,43+,44+,45-,46+,47-,49+,55+,56+,103?/m1/s1. The Morgan fingerprint density at radius 1 is 0.728 bits per heavy atom. The second kappa shape index (κ2) is 40.2. The van der Waals surface area contributed by atoms with Gasteiger partial charge in [0.2, 0.25) is 59.0 Å². The van der Waals surface area contributed by atoms with Gasteiger partial charge in [-0.05, 0) is 128 Å². The SMILES string of the molecule is COc1cc2nccc(Oc3ccc(N/C(=N/c4cc(C)on4)[S+]([O-])Cc4ccc(C(=O)N[C@H](C(=O)N[C@H](CCN)C(=O)N[C@@H]5CCNC(=O)[C@H]([C@@H](C)O)NC(=O)[C@H](CCN)NC(=O)[C@H](CCN)NC(=O)[C@H](CC(C)C)NC(=O)CNC(=O)[C@H](CCN)NC5=O)[C@H](C)O)cc4)c(Cl)c3)c2cc1OC. The molecule has 0 radical (unpaired) electrons. The van der Waals surface area contributed by atoms with E-state index in [0.29, 0.717) is 50.9 Å². The van der Waals surface area contributed by atoms with E-state index in [0.717, 1.165) is 0 Å². The zero-order chi connectivity index (χ0) is 75.6. The van der Waals surface area contributed by atoms with E-state index in [4.69, 9.17) is 53.3 Å². The Kier molecular flexibility index (Phi) is 32.0. The molecular weight excluding hydrogens is 1380 g/mol. The predicted octanol–water partition coefficient (Wildman–Crippen LogP) is -1.63. The summed E-state index contributed by atoms with van der Waals surface area (Å²) < 4.78 is 36.6. The molecule has 0 bridgehead atoms. The van der Waals surface area contributed by atoms with E-state index in [9.17, 15) is 62.7 Å². The number of methoxy groups -OCH3 is 2. The smallest absolute Gasteiger partial charge is 0.323 e. The van der Waals surface area contributed by atoms with Gasteiger partial charge in [-0.1, -0.05) is 42.7 Å². The minimum atomic E-state index is -1.96. The van der Waals surface area contributed by atoms with Crippen molar-refractivity contribution >= 4 is 109 Å². The molecule has 10 amide bonds. The number of hydrogen-bond acceptors (Lipinski definition) is 24. The Balaban J connectivity index is 1.17. The van der Waals surface area contributed by atoms with Crippen LogP contribution < -0.4 is 95.6 Å². The van der Waals surface area contributed by atoms with Crippen molar-refractivity contribution in [1.29, 1.82) is 0 Å². The first-order valence-electron chi connectivity index (χ1n) is 33.0. The lowest BCUT2D eigenvalue weighted by molar-refractivity contribution is -0.135. The Labute approximate surface area is 601 Å². The van der Waals surface area contributed by atoms with Crippen molar-refractivity contribution in [3.05, 3.63) is 94.8 Å². The topological polar surface area (TPSA) is 550 Å². The van der Waals surface area contributed by atoms with Crippen molar-refractivity contribution < 1.29 is 81.4 Å². The van der Waals surface area contributed by atoms with E-state index < -0.39 is 150 Å². The molecular formula is C66H91ClN18O17S. The Hall–Kier alpha value is -9.79. The number of aliphatic imine (C=N–C) groups is 1. The lowest BCUT2D eigenvalue weighted by Gasteiger charge is -2.28. The third-order valence-corrected chi connectivity index (χ3v) is 17.3. The molecule has 11 atom stereocenters. The van der Waals surface area contributed by atoms with Crippen molar-refractivity contribution in [1.82, 2.24) is 63.3 Å². The molecule has 1 unspecified atom stereocenters. The van der Waals surface area contributed by atoms with Crippen molar-refractivity contribution in [3.63, 3.8) is 0 Å². The number of halogens is 1. The molecule has 560 valence electrons. The first-order chi connectivity index (χ1) is 49.1. The molecule has 3 heterocycles. The number of aliphatic hydroxyl groups is 2. The van der Waals surface area contributed by atoms with Gasteiger partial charge in [0.1, 0.15) is 71.3 Å². The number of nitrogens with zero attached hydrogens (tertiary/aromatic N) is 3. The van der Waals surface area contributed by atoms with Crippen LogP contribution in [0.1, 0.15) is 87.9 Å². The normalized spacial score (nSPS) is 20.0. The molecule has 1 fully saturated rings. The maximum atomic E-state index is 14.3. The Morgan fingerprint density at radius 2 is 1.35 bits per heavy atom. The van der Waals surface area contributed by atoms with Crippen LogP contribution >= 0.6 is 11.6 Å². The highest BCUT2D eigenvalue weighted by Gasteiger charge is 2.36. The van der Waals surface area contributed by atoms with Gasteiger partial charge in [-0.2, -0.15) is 4.99 Å². The van der Waals surface area contributed by atoms with Crippen LogP contribution in [0.25, 0.3) is 10.9 Å². The highest BCUT2D eigenvalue weighted by Crippen LogP contribution is 2.38. The average Bonchev–Trinajstić information content (AvgIpc) is 0.915. The molecule has 0 spiro atoms. The minimum absolute atomic E-state index is 0.0178. The summed E-state index contributed by atoms with van der Waals surface area (Å²) in [5.41, 5.74) is 24.7. The summed E-state index contributed by atoms with van der Waals surface area (Å²) in [6, 6.07) is 4.97. The number of rotatable bonds is 26. The average molecular weight is 1480 g/mol. The van der Waals surface area contributed by atoms with Gasteiger partial charge in [0.25, 0.3) is 5.91 Å². The summed E-state index contributed by atoms with van der Waals surface area (Å²) in [7, 11) is 3.03. The van der Waals surface area contributed by atoms with E-state index in [1.54, 1.807) is 63.4 Å². The van der Waals surface area contributed by atoms with Gasteiger partial charge in [0.15, 0.2) is 11.5 Å². The molecule has 21 N–H and O–H groups in total. The summed E-state index contributed by atoms with van der Waals surface area (Å²) in [5.74, 6) is -7.57. The van der Waals surface area contributed by atoms with E-state index in [1.807, 2.05) is 0 Å². The van der Waals surface area contributed by atoms with Crippen LogP contribution in [0.5, 0.6) is 23.0 Å². The van der Waals surface area contributed by atoms with E-state index in [-0.39, 0.29) is 91.5 Å². The number of ether oxygens (including phenoxy) is 3. The predicted molar refractivity (Wildman–Crippen MR) is 380 cm³/mol. The molecule has 1 aliphatic heterocycles. The monoisotopic (exact) mass is 1470 g/mol. The quantitative estimate of drug-likeness (QED) is 0.0168. The maximum Gasteiger partial charge on any atom is 0.323 e. The number of carbonyl (C=O) groups excluding carboxylic acids is 10. The second-order valence-electron chi connectivity index (χ2n) is 24.4. The number of aromatic nitrogens is 2. The van der Waals surface area contributed by atoms with Gasteiger partial charge in [-0.15, -0.1) is 0 Å². The Morgan fingerprint density at radius 3 is 1.93 bits per heavy atom. The van der Waals surface area contributed by atoms with Crippen LogP contribution in [0.15, 0.2) is 82.4 Å². The fourth-order valence-corrected chi connectivity index (χ4v) is 11.7. The molecule has 1 aliphatic rings. The first kappa shape index (κ1) is 82.2. The number of fused-ring (bicyclic) bond motifs is 1. The lowest BCUT2D eigenvalue weighted by atomic mass is 10.0. The zero-order valence-corrected chi connectivity index (χ0v) is 59.5. The number of anilines is 1. The molecule has 37 heteroatoms. The maximum absolute atomic E-state index is 14.3. The number of pyridine rings is 1. The summed E-state index contributed by atoms with van der Waals surface area (Å²) in [6.07, 6.45) is -2.86. The molecule has 5 aromatic rings. The lowest BCUT2D eigenvalue weighted by Crippen LogP contribution is -2.61. The first-order valence-corrected chi connectivity index (χ1v) is 34.7. The highest BCUT2D eigenvalue weighted by atomic mass is 35.5. The summed E-state index contributed by atoms with van der Waals surface area (Å²) in [6.45, 7) is 5.65. The van der Waals surface area contributed by atoms with E-state index in [2.05, 4.69) is 73.6 Å². The van der Waals surface area contributed by atoms with Gasteiger partial charge in [-0.3, -0.25) is 58.2 Å². The molecule has 35 nitrogen and oxygen atoms in total. The molecule has 2 aromatic heterocycles. The van der Waals surface area contributed by atoms with Gasteiger partial charge < -0.3 is 110 Å². The van der Waals surface area contributed by atoms with Crippen molar-refractivity contribution in [3.8, 4) is 23.0 Å². The number of carbonyl (C=O) groups is 10. The van der Waals surface area contributed by atoms with Crippen LogP contribution in [-0.4, -0.2) is 203 Å². The van der Waals surface area contributed by atoms with Gasteiger partial charge in [0, 0.05) is 58.6 Å². The number of amidine groups is 1. The third-order valence-electron chi connectivity index (χ3n) is 15.8. The van der Waals surface area contributed by atoms with E-state index >= 15 is 0 Å². The number of aryl methyl sites for hydroxylation is 1. The molecule has 3 aromatic carbocycles. The summed E-state index contributed by atoms with van der Waals surface area (Å²) in [4.78, 5) is 148. The van der Waals surface area contributed by atoms with Crippen LogP contribution in [0, 0.1) is 12.8 Å². The van der Waals surface area contributed by atoms with Gasteiger partial charge >= 0.3 is 5.17 Å². The molecule has 103 heavy (non-hydrogen) atoms. The third kappa shape index (κ3) is 24.4. The van der Waals surface area contributed by atoms with Crippen LogP contribution in [0.3, 0.4) is 0 Å². The van der Waals surface area contributed by atoms with Crippen molar-refractivity contribution in [2.45, 2.75) is 139 Å². The largest absolute Gasteiger partial charge is 0.609 e. The van der Waals surface area contributed by atoms with Crippen LogP contribution in [0.2, 0.25) is 5.02 Å². The summed E-state index contributed by atoms with van der Waals surface area (Å²) >= 11 is 4.85. The molecule has 6 rings (SSSR count). The number of benzene rings is 3. The number of aliphatic hydroxyl groups excluding tert-OH is 2. The number of nitrogens with two attached hydrogens (primary N) is 4. The number of nitrogens with one attached hydrogen (secondary N) is 11. The van der Waals surface area contributed by atoms with Gasteiger partial charge in [0.05, 0.1) is 49.2 Å². The fourth-order valence-electron chi connectivity index (χ4n) is 10.4. The van der Waals surface area contributed by atoms with Crippen LogP contribution in [-0.2, 0) is 60.1 Å². The highest BCUT2D eigenvalue weighted by molar-refractivity contribution is 8.06. The second-order valence-corrected chi connectivity index (χ2v) is 26.2. The fraction of sp³-hybridized carbons (Fsp3) is 0.470. The van der Waals surface area contributed by atoms with E-state index in [1.165, 1.54) is 58.4 Å². The molecule has 1 saturated heterocycles. The van der Waals surface area contributed by atoms with Crippen molar-refractivity contribution in [2.24, 2.45) is 33.8 Å². The van der Waals surface area contributed by atoms with Crippen LogP contribution in [0.4, 0.5) is 11.5 Å².